The van der Waals surface area contributed by atoms with Gasteiger partial charge in [-0.1, -0.05) is 52.1 Å². The first kappa shape index (κ1) is 20.7. The predicted molar refractivity (Wildman–Crippen MR) is 133 cm³/mol. The first-order valence-corrected chi connectivity index (χ1v) is 13.8. The normalized spacial score (nSPS) is 14.8. The number of hydrogen-bond acceptors (Lipinski definition) is 4. The molecule has 6 nitrogen and oxygen atoms in total. The summed E-state index contributed by atoms with van der Waals surface area (Å²) in [5, 5.41) is 2.30. The van der Waals surface area contributed by atoms with Gasteiger partial charge in [0.05, 0.1) is 34.0 Å². The van der Waals surface area contributed by atoms with E-state index in [1.807, 2.05) is 55.5 Å². The summed E-state index contributed by atoms with van der Waals surface area (Å²) >= 11 is 0. The van der Waals surface area contributed by atoms with Gasteiger partial charge < -0.3 is 14.4 Å². The van der Waals surface area contributed by atoms with E-state index in [-0.39, 0.29) is 16.9 Å². The van der Waals surface area contributed by atoms with Gasteiger partial charge in [-0.05, 0) is 17.2 Å². The third kappa shape index (κ3) is 2.54. The van der Waals surface area contributed by atoms with Crippen LogP contribution in [0, 0.1) is 0 Å². The Kier molecular flexibility index (Phi) is 4.15. The average molecular weight is 445 g/mol. The topological polar surface area (TPSA) is 69.3 Å². The SMILES string of the molecule is CN(C)c1cnc2c(c1)c1c(c3c4ccccc4[nH]c23)C(=O)N([Si](C)(C)C(C)(C)C)C1=O. The molecule has 0 saturated heterocycles. The summed E-state index contributed by atoms with van der Waals surface area (Å²) in [4.78, 5) is 38.2. The van der Waals surface area contributed by atoms with Crippen LogP contribution in [0.1, 0.15) is 41.5 Å². The van der Waals surface area contributed by atoms with Crippen molar-refractivity contribution in [2.45, 2.75) is 38.9 Å². The fraction of sp³-hybridized carbons (Fsp3) is 0.320. The van der Waals surface area contributed by atoms with E-state index in [2.05, 4.69) is 38.8 Å². The fourth-order valence-electron chi connectivity index (χ4n) is 4.52. The van der Waals surface area contributed by atoms with E-state index in [0.29, 0.717) is 11.1 Å². The lowest BCUT2D eigenvalue weighted by molar-refractivity contribution is 0.0747. The molecule has 0 fully saturated rings. The number of imide groups is 1. The summed E-state index contributed by atoms with van der Waals surface area (Å²) < 4.78 is 1.60. The minimum Gasteiger partial charge on any atom is -0.376 e. The van der Waals surface area contributed by atoms with E-state index in [1.165, 1.54) is 0 Å². The van der Waals surface area contributed by atoms with Gasteiger partial charge in [-0.2, -0.15) is 0 Å². The number of amides is 2. The Morgan fingerprint density at radius 3 is 2.31 bits per heavy atom. The molecule has 32 heavy (non-hydrogen) atoms. The van der Waals surface area contributed by atoms with Gasteiger partial charge >= 0.3 is 0 Å². The van der Waals surface area contributed by atoms with Gasteiger partial charge in [-0.25, -0.2) is 0 Å². The van der Waals surface area contributed by atoms with E-state index in [1.54, 1.807) is 4.57 Å². The Labute approximate surface area is 188 Å². The van der Waals surface area contributed by atoms with E-state index >= 15 is 0 Å². The zero-order chi connectivity index (χ0) is 23.2. The number of aromatic nitrogens is 2. The number of hydrogen-bond donors (Lipinski definition) is 1. The summed E-state index contributed by atoms with van der Waals surface area (Å²) in [6.07, 6.45) is 1.81. The van der Waals surface area contributed by atoms with E-state index in [0.717, 1.165) is 38.4 Å². The molecule has 1 aliphatic rings. The molecule has 2 aromatic heterocycles. The summed E-state index contributed by atoms with van der Waals surface area (Å²) in [6.45, 7) is 10.6. The average Bonchev–Trinajstić information content (AvgIpc) is 3.22. The van der Waals surface area contributed by atoms with Crippen LogP contribution in [0.5, 0.6) is 0 Å². The number of nitrogens with zero attached hydrogens (tertiary/aromatic N) is 3. The van der Waals surface area contributed by atoms with Gasteiger partial charge in [-0.3, -0.25) is 14.6 Å². The minimum absolute atomic E-state index is 0.164. The van der Waals surface area contributed by atoms with Crippen molar-refractivity contribution in [2.75, 3.05) is 19.0 Å². The van der Waals surface area contributed by atoms with Crippen molar-refractivity contribution in [3.05, 3.63) is 47.7 Å². The van der Waals surface area contributed by atoms with Crippen LogP contribution in [0.2, 0.25) is 18.1 Å². The van der Waals surface area contributed by atoms with Crippen molar-refractivity contribution in [2.24, 2.45) is 0 Å². The molecule has 0 atom stereocenters. The number of aromatic amines is 1. The van der Waals surface area contributed by atoms with Crippen LogP contribution in [0.4, 0.5) is 5.69 Å². The van der Waals surface area contributed by atoms with Gasteiger partial charge in [0.2, 0.25) is 0 Å². The third-order valence-electron chi connectivity index (χ3n) is 7.33. The van der Waals surface area contributed by atoms with Crippen LogP contribution >= 0.6 is 0 Å². The third-order valence-corrected chi connectivity index (χ3v) is 12.5. The monoisotopic (exact) mass is 444 g/mol. The molecule has 4 aromatic rings. The second kappa shape index (κ2) is 6.42. The molecule has 0 radical (unpaired) electrons. The Balaban J connectivity index is 1.97. The number of benzene rings is 2. The Morgan fingerprint density at radius 2 is 1.66 bits per heavy atom. The number of rotatable bonds is 2. The Bertz CT molecular complexity index is 1460. The number of H-pyrrole nitrogens is 1. The molecule has 7 heteroatoms. The lowest BCUT2D eigenvalue weighted by Gasteiger charge is -2.42. The molecule has 5 rings (SSSR count). The van der Waals surface area contributed by atoms with Crippen LogP contribution in [0.3, 0.4) is 0 Å². The van der Waals surface area contributed by atoms with Crippen molar-refractivity contribution in [1.82, 2.24) is 14.5 Å². The molecule has 0 spiro atoms. The van der Waals surface area contributed by atoms with Gasteiger partial charge in [0, 0.05) is 35.8 Å². The zero-order valence-electron chi connectivity index (χ0n) is 19.6. The summed E-state index contributed by atoms with van der Waals surface area (Å²) in [5.41, 5.74) is 4.35. The zero-order valence-corrected chi connectivity index (χ0v) is 20.6. The highest BCUT2D eigenvalue weighted by Crippen LogP contribution is 2.46. The highest BCUT2D eigenvalue weighted by atomic mass is 28.3. The van der Waals surface area contributed by atoms with Crippen molar-refractivity contribution >= 4 is 58.4 Å². The van der Waals surface area contributed by atoms with Gasteiger partial charge in [-0.15, -0.1) is 0 Å². The maximum atomic E-state index is 14.0. The maximum Gasteiger partial charge on any atom is 0.254 e. The van der Waals surface area contributed by atoms with Crippen LogP contribution in [0.25, 0.3) is 32.7 Å². The molecule has 3 heterocycles. The molecule has 2 amide bonds. The van der Waals surface area contributed by atoms with Gasteiger partial charge in [0.25, 0.3) is 11.8 Å². The standard InChI is InChI=1S/C25H28N4O2Si/c1-25(2,3)32(6,7)29-23(30)19-16-12-14(28(4)5)13-26-21(16)22-18(20(19)24(29)31)15-10-8-9-11-17(15)27-22/h8-13,27H,1-7H3. The fourth-order valence-corrected chi connectivity index (χ4v) is 6.43. The van der Waals surface area contributed by atoms with Crippen molar-refractivity contribution < 1.29 is 9.59 Å². The first-order valence-electron chi connectivity index (χ1n) is 10.9. The number of pyridine rings is 1. The number of carbonyl (C=O) groups is 2. The first-order chi connectivity index (χ1) is 14.9. The molecular formula is C25H28N4O2Si. The highest BCUT2D eigenvalue weighted by molar-refractivity contribution is 6.83. The number of anilines is 1. The molecule has 2 aromatic carbocycles. The predicted octanol–water partition coefficient (Wildman–Crippen LogP) is 5.54. The Hall–Kier alpha value is -3.19. The molecule has 1 N–H and O–H groups in total. The molecule has 0 bridgehead atoms. The molecule has 0 aliphatic carbocycles. The quantitative estimate of drug-likeness (QED) is 0.326. The molecule has 0 saturated carbocycles. The summed E-state index contributed by atoms with van der Waals surface area (Å²) in [5.74, 6) is -0.366. The van der Waals surface area contributed by atoms with E-state index in [4.69, 9.17) is 4.98 Å². The van der Waals surface area contributed by atoms with E-state index < -0.39 is 8.24 Å². The van der Waals surface area contributed by atoms with Crippen LogP contribution in [-0.2, 0) is 0 Å². The number of fused-ring (bicyclic) bond motifs is 8. The van der Waals surface area contributed by atoms with Crippen LogP contribution in [-0.4, -0.2) is 48.7 Å². The minimum atomic E-state index is -2.46. The van der Waals surface area contributed by atoms with E-state index in [9.17, 15) is 9.59 Å². The van der Waals surface area contributed by atoms with Crippen molar-refractivity contribution in [1.29, 1.82) is 0 Å². The molecule has 1 aliphatic heterocycles. The second-order valence-electron chi connectivity index (χ2n) is 10.4. The highest BCUT2D eigenvalue weighted by Gasteiger charge is 2.52. The number of nitrogens with one attached hydrogen (secondary N) is 1. The summed E-state index contributed by atoms with van der Waals surface area (Å²) in [6, 6.07) is 9.90. The smallest absolute Gasteiger partial charge is 0.254 e. The molecule has 164 valence electrons. The van der Waals surface area contributed by atoms with Crippen molar-refractivity contribution in [3.63, 3.8) is 0 Å². The van der Waals surface area contributed by atoms with Crippen LogP contribution < -0.4 is 4.90 Å². The lowest BCUT2D eigenvalue weighted by atomic mass is 9.97. The number of para-hydroxylation sites is 1. The van der Waals surface area contributed by atoms with Crippen LogP contribution in [0.15, 0.2) is 36.5 Å². The second-order valence-corrected chi connectivity index (χ2v) is 15.5. The van der Waals surface area contributed by atoms with Gasteiger partial charge in [0.1, 0.15) is 0 Å². The van der Waals surface area contributed by atoms with Gasteiger partial charge in [0.15, 0.2) is 8.24 Å². The summed E-state index contributed by atoms with van der Waals surface area (Å²) in [7, 11) is 1.43. The maximum absolute atomic E-state index is 14.0. The van der Waals surface area contributed by atoms with Crippen molar-refractivity contribution in [3.8, 4) is 0 Å². The molecule has 0 unspecified atom stereocenters. The molecular weight excluding hydrogens is 416 g/mol. The Morgan fingerprint density at radius 1 is 1.00 bits per heavy atom. The lowest BCUT2D eigenvalue weighted by Crippen LogP contribution is -2.57. The largest absolute Gasteiger partial charge is 0.376 e. The number of carbonyl (C=O) groups excluding carboxylic acids is 2.